The number of carbonyl (C=O) groups is 1. The minimum absolute atomic E-state index is 0.236. The van der Waals surface area contributed by atoms with Crippen LogP contribution in [0.2, 0.25) is 0 Å². The molecular weight excluding hydrogens is 250 g/mol. The smallest absolute Gasteiger partial charge is 0.251 e. The summed E-state index contributed by atoms with van der Waals surface area (Å²) in [6.45, 7) is 0. The molecule has 19 heavy (non-hydrogen) atoms. The van der Waals surface area contributed by atoms with Crippen molar-refractivity contribution in [3.63, 3.8) is 0 Å². The molecule has 0 aliphatic carbocycles. The van der Waals surface area contributed by atoms with Crippen molar-refractivity contribution in [1.82, 2.24) is 0 Å². The van der Waals surface area contributed by atoms with Crippen LogP contribution in [0.1, 0.15) is 11.6 Å². The first kappa shape index (κ1) is 11.6. The Labute approximate surface area is 108 Å². The molecule has 0 aromatic heterocycles. The number of amides is 1. The Morgan fingerprint density at radius 2 is 1.89 bits per heavy atom. The lowest BCUT2D eigenvalue weighted by Gasteiger charge is -2.13. The van der Waals surface area contributed by atoms with Crippen LogP contribution in [0.25, 0.3) is 0 Å². The zero-order valence-electron chi connectivity index (χ0n) is 9.78. The number of carbonyl (C=O) groups excluding carboxylic acids is 1. The van der Waals surface area contributed by atoms with E-state index in [4.69, 9.17) is 0 Å². The molecule has 0 saturated heterocycles. The van der Waals surface area contributed by atoms with E-state index in [1.807, 2.05) is 0 Å². The zero-order valence-corrected chi connectivity index (χ0v) is 9.78. The fraction of sp³-hybridized carbons (Fsp3) is 0.0714. The molecule has 0 saturated carbocycles. The van der Waals surface area contributed by atoms with Crippen LogP contribution in [-0.2, 0) is 4.79 Å². The fourth-order valence-electron chi connectivity index (χ4n) is 2.11. The molecule has 2 aromatic rings. The Bertz CT molecular complexity index is 658. The van der Waals surface area contributed by atoms with Gasteiger partial charge < -0.3 is 10.6 Å². The molecule has 0 spiro atoms. The summed E-state index contributed by atoms with van der Waals surface area (Å²) in [6, 6.07) is 9.41. The summed E-state index contributed by atoms with van der Waals surface area (Å²) in [5.41, 5.74) is 1.26. The minimum atomic E-state index is -0.715. The largest absolute Gasteiger partial charge is 0.368 e. The summed E-state index contributed by atoms with van der Waals surface area (Å²) in [5, 5.41) is 5.39. The number of rotatable bonds is 2. The number of nitrogens with one attached hydrogen (secondary N) is 2. The van der Waals surface area contributed by atoms with Crippen LogP contribution in [0.15, 0.2) is 42.5 Å². The quantitative estimate of drug-likeness (QED) is 0.871. The van der Waals surface area contributed by atoms with E-state index in [2.05, 4.69) is 10.6 Å². The molecular formula is C14H10F2N2O. The van der Waals surface area contributed by atoms with E-state index in [9.17, 15) is 13.6 Å². The molecule has 1 amide bonds. The van der Waals surface area contributed by atoms with Gasteiger partial charge in [-0.05, 0) is 24.3 Å². The van der Waals surface area contributed by atoms with Gasteiger partial charge in [0.05, 0.1) is 5.69 Å². The van der Waals surface area contributed by atoms with Crippen molar-refractivity contribution in [2.75, 3.05) is 10.6 Å². The van der Waals surface area contributed by atoms with Gasteiger partial charge in [0, 0.05) is 11.3 Å². The Morgan fingerprint density at radius 1 is 1.11 bits per heavy atom. The summed E-state index contributed by atoms with van der Waals surface area (Å²) in [7, 11) is 0. The number of hydrogen-bond donors (Lipinski definition) is 2. The molecule has 1 heterocycles. The van der Waals surface area contributed by atoms with Crippen LogP contribution < -0.4 is 10.6 Å². The van der Waals surface area contributed by atoms with E-state index >= 15 is 0 Å². The van der Waals surface area contributed by atoms with Gasteiger partial charge in [0.2, 0.25) is 0 Å². The normalized spacial score (nSPS) is 16.9. The van der Waals surface area contributed by atoms with Crippen molar-refractivity contribution in [3.05, 3.63) is 59.7 Å². The molecule has 2 N–H and O–H groups in total. The van der Waals surface area contributed by atoms with Gasteiger partial charge in [0.25, 0.3) is 5.91 Å². The number of halogens is 2. The number of benzene rings is 2. The lowest BCUT2D eigenvalue weighted by Crippen LogP contribution is -2.20. The van der Waals surface area contributed by atoms with Crippen molar-refractivity contribution in [2.24, 2.45) is 0 Å². The zero-order chi connectivity index (χ0) is 13.4. The van der Waals surface area contributed by atoms with Crippen LogP contribution in [-0.4, -0.2) is 5.91 Å². The first-order valence-electron chi connectivity index (χ1n) is 5.76. The molecule has 2 aromatic carbocycles. The monoisotopic (exact) mass is 260 g/mol. The third-order valence-electron chi connectivity index (χ3n) is 3.02. The molecule has 1 unspecified atom stereocenters. The number of hydrogen-bond acceptors (Lipinski definition) is 2. The molecule has 96 valence electrons. The van der Waals surface area contributed by atoms with Gasteiger partial charge in [-0.3, -0.25) is 4.79 Å². The molecule has 1 aliphatic heterocycles. The minimum Gasteiger partial charge on any atom is -0.368 e. The maximum atomic E-state index is 13.6. The summed E-state index contributed by atoms with van der Waals surface area (Å²) < 4.78 is 26.6. The number of fused-ring (bicyclic) bond motifs is 1. The maximum Gasteiger partial charge on any atom is 0.251 e. The third kappa shape index (κ3) is 2.03. The summed E-state index contributed by atoms with van der Waals surface area (Å²) in [5.74, 6) is -1.19. The van der Waals surface area contributed by atoms with E-state index in [0.29, 0.717) is 11.3 Å². The first-order chi connectivity index (χ1) is 9.15. The van der Waals surface area contributed by atoms with Crippen LogP contribution in [0.5, 0.6) is 0 Å². The van der Waals surface area contributed by atoms with Crippen molar-refractivity contribution < 1.29 is 13.6 Å². The topological polar surface area (TPSA) is 41.1 Å². The second-order valence-corrected chi connectivity index (χ2v) is 4.28. The van der Waals surface area contributed by atoms with Crippen molar-refractivity contribution >= 4 is 17.3 Å². The van der Waals surface area contributed by atoms with Crippen molar-refractivity contribution in [3.8, 4) is 0 Å². The standard InChI is InChI=1S/C14H10F2N2O/c15-8-5-6-9-12(7-8)18-14(19)13(9)17-11-4-2-1-3-10(11)16/h1-7,13,17H,(H,18,19). The molecule has 0 radical (unpaired) electrons. The van der Waals surface area contributed by atoms with Gasteiger partial charge in [-0.25, -0.2) is 8.78 Å². The predicted octanol–water partition coefficient (Wildman–Crippen LogP) is 3.07. The lowest BCUT2D eigenvalue weighted by atomic mass is 10.1. The van der Waals surface area contributed by atoms with Gasteiger partial charge in [0.1, 0.15) is 17.7 Å². The second kappa shape index (κ2) is 4.35. The van der Waals surface area contributed by atoms with Crippen molar-refractivity contribution in [1.29, 1.82) is 0 Å². The Hall–Kier alpha value is -2.43. The molecule has 0 bridgehead atoms. The van der Waals surface area contributed by atoms with Crippen molar-refractivity contribution in [2.45, 2.75) is 6.04 Å². The van der Waals surface area contributed by atoms with Gasteiger partial charge >= 0.3 is 0 Å². The molecule has 1 atom stereocenters. The van der Waals surface area contributed by atoms with Crippen LogP contribution in [0.4, 0.5) is 20.2 Å². The Kier molecular flexibility index (Phi) is 2.67. The highest BCUT2D eigenvalue weighted by Gasteiger charge is 2.31. The highest BCUT2D eigenvalue weighted by Crippen LogP contribution is 2.34. The Balaban J connectivity index is 1.95. The van der Waals surface area contributed by atoms with Gasteiger partial charge in [-0.2, -0.15) is 0 Å². The van der Waals surface area contributed by atoms with E-state index in [-0.39, 0.29) is 11.6 Å². The Morgan fingerprint density at radius 3 is 2.68 bits per heavy atom. The van der Waals surface area contributed by atoms with Crippen LogP contribution in [0.3, 0.4) is 0 Å². The van der Waals surface area contributed by atoms with E-state index in [0.717, 1.165) is 0 Å². The average Bonchev–Trinajstić information content (AvgIpc) is 2.68. The van der Waals surface area contributed by atoms with Gasteiger partial charge in [0.15, 0.2) is 0 Å². The van der Waals surface area contributed by atoms with Crippen LogP contribution in [0, 0.1) is 11.6 Å². The average molecular weight is 260 g/mol. The lowest BCUT2D eigenvalue weighted by molar-refractivity contribution is -0.116. The second-order valence-electron chi connectivity index (χ2n) is 4.28. The highest BCUT2D eigenvalue weighted by atomic mass is 19.1. The summed E-state index contributed by atoms with van der Waals surface area (Å²) in [4.78, 5) is 11.8. The van der Waals surface area contributed by atoms with Gasteiger partial charge in [-0.15, -0.1) is 0 Å². The molecule has 3 nitrogen and oxygen atoms in total. The fourth-order valence-corrected chi connectivity index (χ4v) is 2.11. The molecule has 3 rings (SSSR count). The summed E-state index contributed by atoms with van der Waals surface area (Å²) in [6.07, 6.45) is 0. The van der Waals surface area contributed by atoms with Crippen LogP contribution >= 0.6 is 0 Å². The number of anilines is 2. The molecule has 1 aliphatic rings. The highest BCUT2D eigenvalue weighted by molar-refractivity contribution is 6.04. The number of para-hydroxylation sites is 1. The van der Waals surface area contributed by atoms with E-state index in [1.54, 1.807) is 18.2 Å². The van der Waals surface area contributed by atoms with Gasteiger partial charge in [-0.1, -0.05) is 18.2 Å². The summed E-state index contributed by atoms with van der Waals surface area (Å²) >= 11 is 0. The van der Waals surface area contributed by atoms with E-state index in [1.165, 1.54) is 24.3 Å². The van der Waals surface area contributed by atoms with E-state index < -0.39 is 17.7 Å². The third-order valence-corrected chi connectivity index (χ3v) is 3.02. The maximum absolute atomic E-state index is 13.6. The first-order valence-corrected chi connectivity index (χ1v) is 5.76. The molecule has 5 heteroatoms. The predicted molar refractivity (Wildman–Crippen MR) is 67.8 cm³/mol. The SMILES string of the molecule is O=C1Nc2cc(F)ccc2C1Nc1ccccc1F. The molecule has 0 fully saturated rings.